The smallest absolute Gasteiger partial charge is 0.199 e. The second-order valence-electron chi connectivity index (χ2n) is 16.1. The van der Waals surface area contributed by atoms with E-state index >= 15 is 0 Å². The molecule has 0 saturated heterocycles. The van der Waals surface area contributed by atoms with Crippen molar-refractivity contribution in [1.29, 1.82) is 0 Å². The summed E-state index contributed by atoms with van der Waals surface area (Å²) in [7, 11) is 2.19. The van der Waals surface area contributed by atoms with E-state index in [1.807, 2.05) is 0 Å². The first-order valence-corrected chi connectivity index (χ1v) is 21.3. The Bertz CT molecular complexity index is 3480. The molecule has 1 aliphatic rings. The van der Waals surface area contributed by atoms with Crippen LogP contribution in [0.5, 0.6) is 5.75 Å². The van der Waals surface area contributed by atoms with Crippen molar-refractivity contribution in [3.05, 3.63) is 230 Å². The molecule has 0 aromatic heterocycles. The van der Waals surface area contributed by atoms with Crippen molar-refractivity contribution in [2.75, 3.05) is 21.7 Å². The largest absolute Gasteiger partial charge is 0.463 e. The van der Waals surface area contributed by atoms with Crippen molar-refractivity contribution < 1.29 is 4.74 Å². The monoisotopic (exact) mass is 795 g/mol. The lowest BCUT2D eigenvalue weighted by molar-refractivity contribution is 0.239. The van der Waals surface area contributed by atoms with Crippen LogP contribution in [-0.4, -0.2) is 7.05 Å². The zero-order valence-corrected chi connectivity index (χ0v) is 34.2. The lowest BCUT2D eigenvalue weighted by Gasteiger charge is -2.28. The Labute approximate surface area is 360 Å². The van der Waals surface area contributed by atoms with Gasteiger partial charge in [-0.25, -0.2) is 0 Å². The highest BCUT2D eigenvalue weighted by Gasteiger charge is 2.35. The van der Waals surface area contributed by atoms with Gasteiger partial charge in [-0.2, -0.15) is 0 Å². The average molecular weight is 796 g/mol. The number of hydrogen-bond donors (Lipinski definition) is 0. The number of rotatable bonds is 7. The van der Waals surface area contributed by atoms with Crippen LogP contribution in [0, 0.1) is 0 Å². The first kappa shape index (κ1) is 35.8. The molecule has 1 aliphatic heterocycles. The van der Waals surface area contributed by atoms with E-state index < -0.39 is 0 Å². The van der Waals surface area contributed by atoms with Crippen molar-refractivity contribution >= 4 is 93.7 Å². The zero-order chi connectivity index (χ0) is 41.1. The molecule has 0 spiro atoms. The van der Waals surface area contributed by atoms with Gasteiger partial charge < -0.3 is 19.4 Å². The van der Waals surface area contributed by atoms with Crippen molar-refractivity contribution in [2.24, 2.45) is 0 Å². The minimum absolute atomic E-state index is 0.344. The topological polar surface area (TPSA) is 19.0 Å². The molecule has 0 radical (unpaired) electrons. The standard InChI is InChI=1S/C58H41N3O/c1-59-56-52-37-44(60(42-23-4-2-5-24-42)54-31-15-21-40-18-9-12-28-47(40)54)33-35-49(52)50-36-34-45(38-53(50)57(56)62-58(59)51-30-14-20-39-17-8-11-27-46(39)51)61(43-25-6-3-7-26-43)55-32-16-22-41-19-10-13-29-48(41)55/h2-38,58H,1H3. The summed E-state index contributed by atoms with van der Waals surface area (Å²) in [5, 5.41) is 11.7. The zero-order valence-electron chi connectivity index (χ0n) is 34.2. The molecule has 0 saturated carbocycles. The fraction of sp³-hybridized carbons (Fsp3) is 0.0345. The summed E-state index contributed by atoms with van der Waals surface area (Å²) < 4.78 is 7.37. The first-order chi connectivity index (χ1) is 30.7. The molecular formula is C58H41N3O. The normalized spacial score (nSPS) is 13.5. The van der Waals surface area contributed by atoms with Crippen molar-refractivity contribution in [2.45, 2.75) is 6.23 Å². The molecule has 0 bridgehead atoms. The van der Waals surface area contributed by atoms with Crippen LogP contribution in [0.2, 0.25) is 0 Å². The Morgan fingerprint density at radius 1 is 0.355 bits per heavy atom. The highest BCUT2D eigenvalue weighted by atomic mass is 16.5. The second-order valence-corrected chi connectivity index (χ2v) is 16.1. The molecule has 294 valence electrons. The number of benzene rings is 11. The van der Waals surface area contributed by atoms with E-state index in [-0.39, 0.29) is 6.23 Å². The lowest BCUT2D eigenvalue weighted by atomic mass is 9.96. The fourth-order valence-corrected chi connectivity index (χ4v) is 9.78. The lowest BCUT2D eigenvalue weighted by Crippen LogP contribution is -2.22. The second kappa shape index (κ2) is 14.6. The van der Waals surface area contributed by atoms with Gasteiger partial charge in [0.15, 0.2) is 12.0 Å². The highest BCUT2D eigenvalue weighted by molar-refractivity contribution is 6.19. The van der Waals surface area contributed by atoms with E-state index in [0.717, 1.165) is 67.3 Å². The Morgan fingerprint density at radius 2 is 0.790 bits per heavy atom. The summed E-state index contributed by atoms with van der Waals surface area (Å²) >= 11 is 0. The number of para-hydroxylation sites is 2. The van der Waals surface area contributed by atoms with Crippen LogP contribution < -0.4 is 19.4 Å². The molecule has 1 atom stereocenters. The van der Waals surface area contributed by atoms with Crippen LogP contribution in [0.3, 0.4) is 0 Å². The summed E-state index contributed by atoms with van der Waals surface area (Å²) in [4.78, 5) is 7.12. The number of hydrogen-bond acceptors (Lipinski definition) is 4. The molecule has 11 aromatic carbocycles. The first-order valence-electron chi connectivity index (χ1n) is 21.3. The van der Waals surface area contributed by atoms with Gasteiger partial charge in [-0.3, -0.25) is 0 Å². The Hall–Kier alpha value is -8.08. The summed E-state index contributed by atoms with van der Waals surface area (Å²) in [6.07, 6.45) is -0.344. The molecule has 1 unspecified atom stereocenters. The van der Waals surface area contributed by atoms with E-state index in [4.69, 9.17) is 4.74 Å². The molecule has 4 heteroatoms. The third-order valence-electron chi connectivity index (χ3n) is 12.6. The highest BCUT2D eigenvalue weighted by Crippen LogP contribution is 2.54. The molecule has 4 nitrogen and oxygen atoms in total. The predicted octanol–water partition coefficient (Wildman–Crippen LogP) is 15.9. The molecule has 1 heterocycles. The number of nitrogens with zero attached hydrogens (tertiary/aromatic N) is 3. The molecule has 0 aliphatic carbocycles. The summed E-state index contributed by atoms with van der Waals surface area (Å²) in [6.45, 7) is 0. The van der Waals surface area contributed by atoms with Gasteiger partial charge in [-0.05, 0) is 93.0 Å². The van der Waals surface area contributed by atoms with Crippen LogP contribution in [0.1, 0.15) is 11.8 Å². The minimum Gasteiger partial charge on any atom is -0.463 e. The maximum atomic E-state index is 7.37. The van der Waals surface area contributed by atoms with Gasteiger partial charge >= 0.3 is 0 Å². The number of ether oxygens (including phenoxy) is 1. The van der Waals surface area contributed by atoms with Crippen molar-refractivity contribution in [3.63, 3.8) is 0 Å². The van der Waals surface area contributed by atoms with Crippen LogP contribution >= 0.6 is 0 Å². The quantitative estimate of drug-likeness (QED) is 0.150. The van der Waals surface area contributed by atoms with Crippen LogP contribution in [0.15, 0.2) is 224 Å². The molecular weight excluding hydrogens is 755 g/mol. The van der Waals surface area contributed by atoms with E-state index in [2.05, 4.69) is 246 Å². The average Bonchev–Trinajstić information content (AvgIpc) is 3.69. The van der Waals surface area contributed by atoms with Crippen molar-refractivity contribution in [3.8, 4) is 5.75 Å². The Morgan fingerprint density at radius 3 is 1.35 bits per heavy atom. The molecule has 12 rings (SSSR count). The van der Waals surface area contributed by atoms with Gasteiger partial charge in [0.2, 0.25) is 0 Å². The predicted molar refractivity (Wildman–Crippen MR) is 262 cm³/mol. The van der Waals surface area contributed by atoms with Gasteiger partial charge in [0, 0.05) is 56.9 Å². The van der Waals surface area contributed by atoms with Crippen LogP contribution in [-0.2, 0) is 0 Å². The minimum atomic E-state index is -0.344. The van der Waals surface area contributed by atoms with E-state index in [9.17, 15) is 0 Å². The van der Waals surface area contributed by atoms with Gasteiger partial charge in [0.1, 0.15) is 0 Å². The Balaban J connectivity index is 1.12. The third kappa shape index (κ3) is 5.76. The van der Waals surface area contributed by atoms with E-state index in [1.165, 1.54) is 37.7 Å². The third-order valence-corrected chi connectivity index (χ3v) is 12.6. The SMILES string of the molecule is CN1c2c(c3cc(N(c4ccccc4)c4cccc5ccccc45)ccc3c3ccc(N(c4ccccc4)c4cccc5ccccc45)cc23)OC1c1cccc2ccccc12. The number of anilines is 7. The van der Waals surface area contributed by atoms with Crippen molar-refractivity contribution in [1.82, 2.24) is 0 Å². The van der Waals surface area contributed by atoms with E-state index in [1.54, 1.807) is 0 Å². The van der Waals surface area contributed by atoms with Gasteiger partial charge in [0.05, 0.1) is 17.1 Å². The maximum absolute atomic E-state index is 7.37. The molecule has 62 heavy (non-hydrogen) atoms. The van der Waals surface area contributed by atoms with Gasteiger partial charge in [0.25, 0.3) is 0 Å². The molecule has 0 fully saturated rings. The summed E-state index contributed by atoms with van der Waals surface area (Å²) in [5.74, 6) is 0.884. The van der Waals surface area contributed by atoms with Crippen LogP contribution in [0.4, 0.5) is 39.8 Å². The fourth-order valence-electron chi connectivity index (χ4n) is 9.78. The molecule has 0 N–H and O–H groups in total. The summed E-state index contributed by atoms with van der Waals surface area (Å²) in [6, 6.07) is 80.8. The van der Waals surface area contributed by atoms with Gasteiger partial charge in [-0.1, -0.05) is 164 Å². The van der Waals surface area contributed by atoms with Crippen LogP contribution in [0.25, 0.3) is 53.9 Å². The summed E-state index contributed by atoms with van der Waals surface area (Å²) in [5.41, 5.74) is 8.78. The number of fused-ring (bicyclic) bond motifs is 9. The Kier molecular flexibility index (Phi) is 8.42. The van der Waals surface area contributed by atoms with Gasteiger partial charge in [-0.15, -0.1) is 0 Å². The maximum Gasteiger partial charge on any atom is 0.199 e. The van der Waals surface area contributed by atoms with E-state index in [0.29, 0.717) is 0 Å². The molecule has 0 amide bonds. The molecule has 11 aromatic rings.